The van der Waals surface area contributed by atoms with Crippen LogP contribution >= 0.6 is 11.8 Å². The van der Waals surface area contributed by atoms with Gasteiger partial charge in [0.1, 0.15) is 5.75 Å². The van der Waals surface area contributed by atoms with Crippen LogP contribution in [0.25, 0.3) is 5.69 Å². The molecule has 1 heterocycles. The Balaban J connectivity index is 1.63. The van der Waals surface area contributed by atoms with Gasteiger partial charge in [0.15, 0.2) is 0 Å². The van der Waals surface area contributed by atoms with Gasteiger partial charge in [-0.3, -0.25) is 9.32 Å². The van der Waals surface area contributed by atoms with Gasteiger partial charge >= 0.3 is 10.7 Å². The number of nitrogens with zero attached hydrogens (tertiary/aromatic N) is 1. The van der Waals surface area contributed by atoms with Gasteiger partial charge in [-0.2, -0.15) is 0 Å². The summed E-state index contributed by atoms with van der Waals surface area (Å²) in [5, 5.41) is 5.63. The third kappa shape index (κ3) is 4.34. The molecule has 0 aliphatic rings. The van der Waals surface area contributed by atoms with Gasteiger partial charge in [-0.05, 0) is 52.9 Å². The number of rotatable bonds is 7. The summed E-state index contributed by atoms with van der Waals surface area (Å²) in [6.45, 7) is 2.50. The summed E-state index contributed by atoms with van der Waals surface area (Å²) in [7, 11) is 0. The molecule has 0 fully saturated rings. The number of carbonyl (C=O) groups is 1. The van der Waals surface area contributed by atoms with Crippen molar-refractivity contribution in [2.45, 2.75) is 11.9 Å². The number of para-hydroxylation sites is 1. The van der Waals surface area contributed by atoms with E-state index in [1.807, 2.05) is 37.3 Å². The lowest BCUT2D eigenvalue weighted by Crippen LogP contribution is -2.36. The minimum absolute atomic E-state index is 0.0721. The van der Waals surface area contributed by atoms with Crippen molar-refractivity contribution < 1.29 is 18.7 Å². The molecule has 134 valence electrons. The van der Waals surface area contributed by atoms with Crippen LogP contribution in [0.15, 0.2) is 68.9 Å². The number of aromatic nitrogens is 2. The van der Waals surface area contributed by atoms with E-state index in [0.717, 1.165) is 23.2 Å². The SMILES string of the molecule is CCOc1ccc(NC(=O)CSc2c(=O)o[nH][n+]2-c2ccccc2)cc1. The minimum Gasteiger partial charge on any atom is -0.494 e. The minimum atomic E-state index is -0.521. The molecule has 0 radical (unpaired) electrons. The van der Waals surface area contributed by atoms with Crippen molar-refractivity contribution in [2.75, 3.05) is 17.7 Å². The number of anilines is 1. The molecule has 0 atom stereocenters. The van der Waals surface area contributed by atoms with Gasteiger partial charge in [-0.1, -0.05) is 18.2 Å². The number of thioether (sulfide) groups is 1. The molecule has 1 aromatic heterocycles. The number of hydrogen-bond donors (Lipinski definition) is 2. The Bertz CT molecular complexity index is 920. The Kier molecular flexibility index (Phi) is 5.75. The van der Waals surface area contributed by atoms with Crippen LogP contribution in [0, 0.1) is 0 Å². The fourth-order valence-corrected chi connectivity index (χ4v) is 3.04. The molecule has 0 spiro atoms. The second kappa shape index (κ2) is 8.39. The normalized spacial score (nSPS) is 10.5. The molecular weight excluding hydrogens is 354 g/mol. The summed E-state index contributed by atoms with van der Waals surface area (Å²) in [6.07, 6.45) is 0. The van der Waals surface area contributed by atoms with Crippen LogP contribution in [-0.4, -0.2) is 23.5 Å². The highest BCUT2D eigenvalue weighted by Gasteiger charge is 2.24. The predicted molar refractivity (Wildman–Crippen MR) is 97.8 cm³/mol. The quantitative estimate of drug-likeness (QED) is 0.491. The first-order chi connectivity index (χ1) is 12.7. The molecule has 8 heteroatoms. The molecule has 0 saturated carbocycles. The number of H-pyrrole nitrogens is 1. The van der Waals surface area contributed by atoms with Crippen LogP contribution in [-0.2, 0) is 4.79 Å². The average molecular weight is 372 g/mol. The van der Waals surface area contributed by atoms with E-state index in [1.165, 1.54) is 4.68 Å². The molecule has 26 heavy (non-hydrogen) atoms. The maximum atomic E-state index is 12.2. The Morgan fingerprint density at radius 3 is 2.62 bits per heavy atom. The summed E-state index contributed by atoms with van der Waals surface area (Å²) in [4.78, 5) is 24.1. The third-order valence-corrected chi connectivity index (χ3v) is 4.44. The van der Waals surface area contributed by atoms with Crippen molar-refractivity contribution in [2.24, 2.45) is 0 Å². The molecule has 0 bridgehead atoms. The van der Waals surface area contributed by atoms with Crippen molar-refractivity contribution in [3.8, 4) is 11.4 Å². The third-order valence-electron chi connectivity index (χ3n) is 3.41. The number of ether oxygens (including phenoxy) is 1. The summed E-state index contributed by atoms with van der Waals surface area (Å²) in [5.74, 6) is 0.593. The molecule has 1 amide bonds. The van der Waals surface area contributed by atoms with E-state index in [0.29, 0.717) is 17.3 Å². The zero-order chi connectivity index (χ0) is 18.4. The van der Waals surface area contributed by atoms with Gasteiger partial charge in [0.2, 0.25) is 11.6 Å². The lowest BCUT2D eigenvalue weighted by molar-refractivity contribution is -0.704. The molecular formula is C18H18N3O4S+. The zero-order valence-corrected chi connectivity index (χ0v) is 14.9. The first kappa shape index (κ1) is 17.8. The maximum Gasteiger partial charge on any atom is 0.442 e. The molecule has 2 N–H and O–H groups in total. The fourth-order valence-electron chi connectivity index (χ4n) is 2.27. The van der Waals surface area contributed by atoms with Gasteiger partial charge in [-0.15, -0.1) is 0 Å². The van der Waals surface area contributed by atoms with E-state index in [2.05, 4.69) is 10.6 Å². The Morgan fingerprint density at radius 2 is 1.92 bits per heavy atom. The largest absolute Gasteiger partial charge is 0.494 e. The second-order valence-corrected chi connectivity index (χ2v) is 6.22. The van der Waals surface area contributed by atoms with Gasteiger partial charge in [0.25, 0.3) is 0 Å². The zero-order valence-electron chi connectivity index (χ0n) is 14.1. The monoisotopic (exact) mass is 372 g/mol. The van der Waals surface area contributed by atoms with Gasteiger partial charge in [0, 0.05) is 17.8 Å². The molecule has 2 aromatic carbocycles. The number of carbonyl (C=O) groups excluding carboxylic acids is 1. The first-order valence-corrected chi connectivity index (χ1v) is 9.00. The van der Waals surface area contributed by atoms with E-state index >= 15 is 0 Å². The number of amides is 1. The lowest BCUT2D eigenvalue weighted by atomic mass is 10.3. The van der Waals surface area contributed by atoms with Gasteiger partial charge in [-0.25, -0.2) is 4.79 Å². The van der Waals surface area contributed by atoms with Crippen LogP contribution < -0.4 is 20.4 Å². The Labute approximate surface area is 153 Å². The Morgan fingerprint density at radius 1 is 1.19 bits per heavy atom. The molecule has 0 unspecified atom stereocenters. The van der Waals surface area contributed by atoms with Crippen LogP contribution in [0.3, 0.4) is 0 Å². The van der Waals surface area contributed by atoms with E-state index in [4.69, 9.17) is 9.26 Å². The van der Waals surface area contributed by atoms with Crippen molar-refractivity contribution in [1.29, 1.82) is 0 Å². The highest BCUT2D eigenvalue weighted by Crippen LogP contribution is 2.17. The topological polar surface area (TPSA) is 88.2 Å². The number of hydrogen-bond acceptors (Lipinski definition) is 5. The van der Waals surface area contributed by atoms with Crippen molar-refractivity contribution >= 4 is 23.4 Å². The van der Waals surface area contributed by atoms with E-state index in [9.17, 15) is 9.59 Å². The van der Waals surface area contributed by atoms with Crippen molar-refractivity contribution in [3.63, 3.8) is 0 Å². The van der Waals surface area contributed by atoms with Crippen LogP contribution in [0.4, 0.5) is 5.69 Å². The average Bonchev–Trinajstić information content (AvgIpc) is 3.03. The van der Waals surface area contributed by atoms with E-state index < -0.39 is 5.63 Å². The molecule has 3 rings (SSSR count). The Hall–Kier alpha value is -3.00. The van der Waals surface area contributed by atoms with E-state index in [-0.39, 0.29) is 11.7 Å². The summed E-state index contributed by atoms with van der Waals surface area (Å²) in [5.41, 5.74) is 0.886. The van der Waals surface area contributed by atoms with Gasteiger partial charge in [0.05, 0.1) is 12.4 Å². The molecule has 0 saturated heterocycles. The number of aromatic amines is 1. The van der Waals surface area contributed by atoms with Crippen LogP contribution in [0.5, 0.6) is 5.75 Å². The fraction of sp³-hybridized carbons (Fsp3) is 0.167. The lowest BCUT2D eigenvalue weighted by Gasteiger charge is -2.06. The second-order valence-electron chi connectivity index (χ2n) is 5.25. The standard InChI is InChI=1S/C18H17N3O4S/c1-2-24-15-10-8-13(9-11-15)19-16(22)12-26-17-18(23)25-20-21(17)14-6-4-3-5-7-14/h3-11H,2,12H2,1H3,(H-,19,20,22,23)/p+1. The summed E-state index contributed by atoms with van der Waals surface area (Å²) < 4.78 is 11.7. The predicted octanol–water partition coefficient (Wildman–Crippen LogP) is 2.37. The van der Waals surface area contributed by atoms with E-state index in [1.54, 1.807) is 24.3 Å². The van der Waals surface area contributed by atoms with Crippen molar-refractivity contribution in [3.05, 3.63) is 65.0 Å². The molecule has 3 aromatic rings. The highest BCUT2D eigenvalue weighted by molar-refractivity contribution is 7.99. The van der Waals surface area contributed by atoms with Crippen LogP contribution in [0.2, 0.25) is 0 Å². The van der Waals surface area contributed by atoms with Crippen molar-refractivity contribution in [1.82, 2.24) is 5.27 Å². The van der Waals surface area contributed by atoms with Gasteiger partial charge < -0.3 is 10.1 Å². The first-order valence-electron chi connectivity index (χ1n) is 8.02. The summed E-state index contributed by atoms with van der Waals surface area (Å²) in [6, 6.07) is 16.3. The van der Waals surface area contributed by atoms with Crippen LogP contribution in [0.1, 0.15) is 6.92 Å². The molecule has 0 aliphatic carbocycles. The highest BCUT2D eigenvalue weighted by atomic mass is 32.2. The maximum absolute atomic E-state index is 12.2. The summed E-state index contributed by atoms with van der Waals surface area (Å²) >= 11 is 1.10. The number of nitrogens with one attached hydrogen (secondary N) is 2. The molecule has 0 aliphatic heterocycles. The molecule has 7 nitrogen and oxygen atoms in total. The smallest absolute Gasteiger partial charge is 0.442 e. The number of benzene rings is 2.